The maximum Gasteiger partial charge on any atom is 0.232 e. The maximum absolute atomic E-state index is 5.69. The highest BCUT2D eigenvalue weighted by Crippen LogP contribution is 2.14. The number of hydrogen-bond acceptors (Lipinski definition) is 5. The molecule has 1 fully saturated rings. The van der Waals surface area contributed by atoms with Gasteiger partial charge in [0.25, 0.3) is 0 Å². The number of nitrogens with one attached hydrogen (secondary N) is 1. The topological polar surface area (TPSA) is 56.3 Å². The number of methoxy groups -OCH3 is 1. The zero-order chi connectivity index (χ0) is 10.5. The van der Waals surface area contributed by atoms with E-state index in [4.69, 9.17) is 9.47 Å². The quantitative estimate of drug-likeness (QED) is 0.909. The first-order valence-electron chi connectivity index (χ1n) is 5.12. The Kier molecular flexibility index (Phi) is 7.95. The fraction of sp³-hybridized carbons (Fsp3) is 0.600. The smallest absolute Gasteiger partial charge is 0.232 e. The molecular weight excluding hydrogens is 265 g/mol. The van der Waals surface area contributed by atoms with Crippen LogP contribution in [0.2, 0.25) is 0 Å². The van der Waals surface area contributed by atoms with E-state index in [0.29, 0.717) is 11.8 Å². The highest BCUT2D eigenvalue weighted by Gasteiger charge is 2.14. The summed E-state index contributed by atoms with van der Waals surface area (Å²) < 4.78 is 10.6. The second kappa shape index (κ2) is 8.33. The normalized spacial score (nSPS) is 15.4. The summed E-state index contributed by atoms with van der Waals surface area (Å²) in [6.07, 6.45) is 5.47. The van der Waals surface area contributed by atoms with Gasteiger partial charge in [-0.05, 0) is 25.9 Å². The van der Waals surface area contributed by atoms with Crippen molar-refractivity contribution in [2.45, 2.75) is 18.9 Å². The monoisotopic (exact) mass is 281 g/mol. The van der Waals surface area contributed by atoms with E-state index in [2.05, 4.69) is 15.3 Å². The van der Waals surface area contributed by atoms with Gasteiger partial charge in [-0.15, -0.1) is 24.8 Å². The van der Waals surface area contributed by atoms with Crippen molar-refractivity contribution in [3.05, 3.63) is 12.4 Å². The molecule has 1 aromatic rings. The Hall–Kier alpha value is -0.780. The minimum Gasteiger partial charge on any atom is -0.480 e. The minimum atomic E-state index is 0. The van der Waals surface area contributed by atoms with Crippen molar-refractivity contribution in [1.82, 2.24) is 15.3 Å². The molecule has 17 heavy (non-hydrogen) atoms. The van der Waals surface area contributed by atoms with E-state index in [-0.39, 0.29) is 30.9 Å². The Morgan fingerprint density at radius 2 is 1.71 bits per heavy atom. The zero-order valence-electron chi connectivity index (χ0n) is 9.59. The molecule has 0 aliphatic carbocycles. The molecule has 1 aromatic heterocycles. The highest BCUT2D eigenvalue weighted by atomic mass is 35.5. The molecule has 1 saturated heterocycles. The number of nitrogens with zero attached hydrogens (tertiary/aromatic N) is 2. The molecule has 1 aliphatic rings. The van der Waals surface area contributed by atoms with Crippen molar-refractivity contribution < 1.29 is 9.47 Å². The Labute approximate surface area is 113 Å². The van der Waals surface area contributed by atoms with Crippen LogP contribution in [0.1, 0.15) is 12.8 Å². The molecule has 0 atom stereocenters. The second-order valence-electron chi connectivity index (χ2n) is 3.46. The van der Waals surface area contributed by atoms with Gasteiger partial charge in [-0.25, -0.2) is 9.97 Å². The van der Waals surface area contributed by atoms with Crippen LogP contribution >= 0.6 is 24.8 Å². The Bertz CT molecular complexity index is 305. The van der Waals surface area contributed by atoms with Gasteiger partial charge in [0.05, 0.1) is 19.5 Å². The van der Waals surface area contributed by atoms with Crippen molar-refractivity contribution >= 4 is 24.8 Å². The van der Waals surface area contributed by atoms with Crippen molar-refractivity contribution in [2.24, 2.45) is 0 Å². The molecule has 0 amide bonds. The first kappa shape index (κ1) is 16.2. The van der Waals surface area contributed by atoms with Gasteiger partial charge in [-0.3, -0.25) is 0 Å². The number of hydrogen-bond donors (Lipinski definition) is 1. The molecular formula is C10H17Cl2N3O2. The first-order chi connectivity index (χ1) is 7.38. The van der Waals surface area contributed by atoms with Crippen LogP contribution in [0.5, 0.6) is 11.8 Å². The number of rotatable bonds is 3. The van der Waals surface area contributed by atoms with Crippen LogP contribution < -0.4 is 14.8 Å². The van der Waals surface area contributed by atoms with Crippen molar-refractivity contribution in [1.29, 1.82) is 0 Å². The molecule has 98 valence electrons. The number of piperidine rings is 1. The Morgan fingerprint density at radius 3 is 2.24 bits per heavy atom. The van der Waals surface area contributed by atoms with E-state index in [1.165, 1.54) is 0 Å². The molecule has 1 N–H and O–H groups in total. The lowest BCUT2D eigenvalue weighted by Gasteiger charge is -2.22. The minimum absolute atomic E-state index is 0. The average molecular weight is 282 g/mol. The Balaban J connectivity index is 0.00000128. The first-order valence-corrected chi connectivity index (χ1v) is 5.12. The van der Waals surface area contributed by atoms with Crippen molar-refractivity contribution in [3.8, 4) is 11.8 Å². The zero-order valence-corrected chi connectivity index (χ0v) is 11.2. The van der Waals surface area contributed by atoms with E-state index in [1.54, 1.807) is 19.5 Å². The van der Waals surface area contributed by atoms with Gasteiger partial charge in [-0.2, -0.15) is 0 Å². The number of aromatic nitrogens is 2. The van der Waals surface area contributed by atoms with Crippen LogP contribution in [0.25, 0.3) is 0 Å². The van der Waals surface area contributed by atoms with E-state index >= 15 is 0 Å². The molecule has 0 saturated carbocycles. The van der Waals surface area contributed by atoms with Gasteiger partial charge in [0.15, 0.2) is 0 Å². The van der Waals surface area contributed by atoms with Crippen molar-refractivity contribution in [3.63, 3.8) is 0 Å². The van der Waals surface area contributed by atoms with Gasteiger partial charge in [0, 0.05) is 0 Å². The van der Waals surface area contributed by atoms with E-state index in [9.17, 15) is 0 Å². The summed E-state index contributed by atoms with van der Waals surface area (Å²) in [5.41, 5.74) is 0. The van der Waals surface area contributed by atoms with Crippen LogP contribution in [0.3, 0.4) is 0 Å². The third-order valence-electron chi connectivity index (χ3n) is 2.39. The number of halogens is 2. The van der Waals surface area contributed by atoms with Gasteiger partial charge in [0.1, 0.15) is 6.10 Å². The fourth-order valence-electron chi connectivity index (χ4n) is 1.55. The summed E-state index contributed by atoms with van der Waals surface area (Å²) in [5.74, 6) is 1.08. The average Bonchev–Trinajstić information content (AvgIpc) is 2.31. The summed E-state index contributed by atoms with van der Waals surface area (Å²) >= 11 is 0. The van der Waals surface area contributed by atoms with Crippen LogP contribution in [-0.4, -0.2) is 36.3 Å². The maximum atomic E-state index is 5.69. The van der Waals surface area contributed by atoms with Gasteiger partial charge >= 0.3 is 0 Å². The predicted octanol–water partition coefficient (Wildman–Crippen LogP) is 1.46. The summed E-state index contributed by atoms with van der Waals surface area (Å²) in [6, 6.07) is 0. The van der Waals surface area contributed by atoms with Crippen LogP contribution in [-0.2, 0) is 0 Å². The third kappa shape index (κ3) is 4.93. The third-order valence-corrected chi connectivity index (χ3v) is 2.39. The van der Waals surface area contributed by atoms with Crippen LogP contribution in [0.15, 0.2) is 12.4 Å². The molecule has 2 rings (SSSR count). The molecule has 0 radical (unpaired) electrons. The highest BCUT2D eigenvalue weighted by molar-refractivity contribution is 5.85. The van der Waals surface area contributed by atoms with Crippen LogP contribution in [0, 0.1) is 0 Å². The summed E-state index contributed by atoms with van der Waals surface area (Å²) in [7, 11) is 1.57. The Morgan fingerprint density at radius 1 is 1.12 bits per heavy atom. The summed E-state index contributed by atoms with van der Waals surface area (Å²) in [6.45, 7) is 2.02. The SMILES string of the molecule is COc1cnc(OC2CCNCC2)cn1.Cl.Cl. The van der Waals surface area contributed by atoms with E-state index < -0.39 is 0 Å². The molecule has 7 heteroatoms. The molecule has 0 bridgehead atoms. The number of ether oxygens (including phenoxy) is 2. The lowest BCUT2D eigenvalue weighted by Crippen LogP contribution is -2.34. The molecule has 0 spiro atoms. The lowest BCUT2D eigenvalue weighted by atomic mass is 10.1. The second-order valence-corrected chi connectivity index (χ2v) is 3.46. The van der Waals surface area contributed by atoms with Gasteiger partial charge < -0.3 is 14.8 Å². The molecule has 0 unspecified atom stereocenters. The summed E-state index contributed by atoms with van der Waals surface area (Å²) in [4.78, 5) is 8.15. The molecule has 5 nitrogen and oxygen atoms in total. The lowest BCUT2D eigenvalue weighted by molar-refractivity contribution is 0.155. The van der Waals surface area contributed by atoms with Crippen LogP contribution in [0.4, 0.5) is 0 Å². The molecule has 1 aliphatic heterocycles. The predicted molar refractivity (Wildman–Crippen MR) is 69.6 cm³/mol. The van der Waals surface area contributed by atoms with Crippen molar-refractivity contribution in [2.75, 3.05) is 20.2 Å². The fourth-order valence-corrected chi connectivity index (χ4v) is 1.55. The molecule has 0 aromatic carbocycles. The summed E-state index contributed by atoms with van der Waals surface area (Å²) in [5, 5.41) is 3.28. The largest absolute Gasteiger partial charge is 0.480 e. The molecule has 2 heterocycles. The van der Waals surface area contributed by atoms with Gasteiger partial charge in [0.2, 0.25) is 11.8 Å². The standard InChI is InChI=1S/C10H15N3O2.2ClH/c1-14-9-6-13-10(7-12-9)15-8-2-4-11-5-3-8;;/h6-8,11H,2-5H2,1H3;2*1H. The van der Waals surface area contributed by atoms with E-state index in [1.807, 2.05) is 0 Å². The van der Waals surface area contributed by atoms with Gasteiger partial charge in [-0.1, -0.05) is 0 Å². The van der Waals surface area contributed by atoms with E-state index in [0.717, 1.165) is 25.9 Å².